The van der Waals surface area contributed by atoms with Crippen LogP contribution in [0.3, 0.4) is 0 Å². The van der Waals surface area contributed by atoms with E-state index in [4.69, 9.17) is 9.47 Å². The zero-order valence-electron chi connectivity index (χ0n) is 16.3. The Morgan fingerprint density at radius 1 is 0.769 bits per heavy atom. The van der Waals surface area contributed by atoms with Crippen molar-refractivity contribution in [3.8, 4) is 0 Å². The van der Waals surface area contributed by atoms with E-state index in [9.17, 15) is 19.8 Å². The Kier molecular flexibility index (Phi) is 11.5. The summed E-state index contributed by atoms with van der Waals surface area (Å²) in [5.41, 5.74) is 0. The monoisotopic (exact) mass is 372 g/mol. The van der Waals surface area contributed by atoms with Gasteiger partial charge in [-0.2, -0.15) is 0 Å². The fourth-order valence-electron chi connectivity index (χ4n) is 3.32. The molecule has 0 aromatic heterocycles. The summed E-state index contributed by atoms with van der Waals surface area (Å²) < 4.78 is 10.9. The number of unbranched alkanes of at least 4 members (excludes halogenated alkanes) is 4. The van der Waals surface area contributed by atoms with Crippen LogP contribution >= 0.6 is 0 Å². The normalized spacial score (nSPS) is 28.6. The first-order chi connectivity index (χ1) is 12.4. The van der Waals surface area contributed by atoms with Crippen molar-refractivity contribution in [2.24, 2.45) is 0 Å². The Labute approximate surface area is 157 Å². The van der Waals surface area contributed by atoms with E-state index in [0.717, 1.165) is 38.5 Å². The average Bonchev–Trinajstić information content (AvgIpc) is 2.53. The second-order valence-electron chi connectivity index (χ2n) is 7.40. The molecule has 1 aliphatic heterocycles. The van der Waals surface area contributed by atoms with E-state index < -0.39 is 36.4 Å². The summed E-state index contributed by atoms with van der Waals surface area (Å²) in [5.74, 6) is -0.907. The lowest BCUT2D eigenvalue weighted by Gasteiger charge is -2.25. The van der Waals surface area contributed by atoms with Gasteiger partial charge >= 0.3 is 11.9 Å². The van der Waals surface area contributed by atoms with E-state index in [1.165, 1.54) is 0 Å². The number of hydrogen-bond donors (Lipinski definition) is 2. The second kappa shape index (κ2) is 13.1. The largest absolute Gasteiger partial charge is 0.462 e. The van der Waals surface area contributed by atoms with Gasteiger partial charge in [-0.05, 0) is 25.7 Å². The van der Waals surface area contributed by atoms with Crippen LogP contribution in [0, 0.1) is 0 Å². The molecule has 0 unspecified atom stereocenters. The highest BCUT2D eigenvalue weighted by Crippen LogP contribution is 2.20. The number of hydrogen-bond acceptors (Lipinski definition) is 6. The van der Waals surface area contributed by atoms with Crippen LogP contribution < -0.4 is 0 Å². The Bertz CT molecular complexity index is 373. The van der Waals surface area contributed by atoms with Gasteiger partial charge in [0.05, 0.1) is 25.0 Å². The van der Waals surface area contributed by atoms with Gasteiger partial charge in [-0.3, -0.25) is 9.59 Å². The molecule has 0 saturated carbocycles. The summed E-state index contributed by atoms with van der Waals surface area (Å²) >= 11 is 0. The number of esters is 2. The molecule has 26 heavy (non-hydrogen) atoms. The molecule has 4 atom stereocenters. The summed E-state index contributed by atoms with van der Waals surface area (Å²) in [6, 6.07) is 0. The summed E-state index contributed by atoms with van der Waals surface area (Å²) in [6.45, 7) is 4.18. The van der Waals surface area contributed by atoms with Gasteiger partial charge in [-0.1, -0.05) is 39.5 Å². The highest BCUT2D eigenvalue weighted by Gasteiger charge is 2.27. The van der Waals surface area contributed by atoms with Crippen LogP contribution in [0.15, 0.2) is 0 Å². The molecule has 0 aliphatic carbocycles. The third kappa shape index (κ3) is 10.1. The van der Waals surface area contributed by atoms with E-state index >= 15 is 0 Å². The molecule has 0 radical (unpaired) electrons. The lowest BCUT2D eigenvalue weighted by Crippen LogP contribution is -2.32. The van der Waals surface area contributed by atoms with Crippen molar-refractivity contribution in [2.45, 2.75) is 115 Å². The number of carbonyl (C=O) groups is 2. The molecular formula is C20H36O6. The Balaban J connectivity index is 2.70. The van der Waals surface area contributed by atoms with Crippen molar-refractivity contribution in [1.29, 1.82) is 0 Å². The second-order valence-corrected chi connectivity index (χ2v) is 7.40. The first-order valence-corrected chi connectivity index (χ1v) is 10.2. The van der Waals surface area contributed by atoms with Crippen molar-refractivity contribution < 1.29 is 29.3 Å². The topological polar surface area (TPSA) is 93.1 Å². The summed E-state index contributed by atoms with van der Waals surface area (Å²) in [6.07, 6.45) is 4.85. The van der Waals surface area contributed by atoms with E-state index in [-0.39, 0.29) is 25.7 Å². The van der Waals surface area contributed by atoms with Gasteiger partial charge in [0.1, 0.15) is 12.2 Å². The van der Waals surface area contributed by atoms with E-state index in [1.807, 2.05) is 0 Å². The summed E-state index contributed by atoms with van der Waals surface area (Å²) in [5, 5.41) is 20.4. The van der Waals surface area contributed by atoms with Gasteiger partial charge in [-0.25, -0.2) is 0 Å². The number of cyclic esters (lactones) is 2. The Morgan fingerprint density at radius 3 is 1.50 bits per heavy atom. The third-order valence-corrected chi connectivity index (χ3v) is 4.73. The van der Waals surface area contributed by atoms with Crippen molar-refractivity contribution in [2.75, 3.05) is 0 Å². The van der Waals surface area contributed by atoms with Crippen LogP contribution in [0.5, 0.6) is 0 Å². The minimum absolute atomic E-state index is 0.109. The summed E-state index contributed by atoms with van der Waals surface area (Å²) in [4.78, 5) is 24.2. The van der Waals surface area contributed by atoms with Crippen molar-refractivity contribution >= 4 is 11.9 Å². The zero-order valence-corrected chi connectivity index (χ0v) is 16.3. The number of rotatable bonds is 8. The van der Waals surface area contributed by atoms with Gasteiger partial charge in [0, 0.05) is 12.8 Å². The molecule has 2 N–H and O–H groups in total. The van der Waals surface area contributed by atoms with E-state index in [0.29, 0.717) is 12.8 Å². The molecule has 0 aromatic rings. The molecule has 0 bridgehead atoms. The number of ether oxygens (including phenoxy) is 2. The molecule has 0 aromatic carbocycles. The third-order valence-electron chi connectivity index (χ3n) is 4.73. The fraction of sp³-hybridized carbons (Fsp3) is 0.900. The van der Waals surface area contributed by atoms with Crippen molar-refractivity contribution in [3.63, 3.8) is 0 Å². The van der Waals surface area contributed by atoms with Crippen LogP contribution in [-0.4, -0.2) is 46.6 Å². The molecule has 1 saturated heterocycles. The van der Waals surface area contributed by atoms with Gasteiger partial charge in [0.25, 0.3) is 0 Å². The smallest absolute Gasteiger partial charge is 0.308 e. The zero-order chi connectivity index (χ0) is 19.4. The molecule has 1 aliphatic rings. The first kappa shape index (κ1) is 22.9. The maximum absolute atomic E-state index is 12.1. The van der Waals surface area contributed by atoms with Gasteiger partial charge in [-0.15, -0.1) is 0 Å². The molecule has 6 heteroatoms. The Morgan fingerprint density at radius 2 is 1.15 bits per heavy atom. The van der Waals surface area contributed by atoms with E-state index in [2.05, 4.69) is 13.8 Å². The number of aliphatic hydroxyl groups is 2. The molecule has 1 fully saturated rings. The summed E-state index contributed by atoms with van der Waals surface area (Å²) in [7, 11) is 0. The highest BCUT2D eigenvalue weighted by molar-refractivity contribution is 5.71. The maximum Gasteiger partial charge on any atom is 0.308 e. The minimum Gasteiger partial charge on any atom is -0.462 e. The average molecular weight is 373 g/mol. The SMILES string of the molecule is CCCCC[C@@H]1C[C@H](O)CC(=O)O[C@H](CCCCC)C[C@H](O)CC(=O)O1. The Hall–Kier alpha value is -1.14. The quantitative estimate of drug-likeness (QED) is 0.502. The van der Waals surface area contributed by atoms with E-state index in [1.54, 1.807) is 0 Å². The first-order valence-electron chi connectivity index (χ1n) is 10.2. The molecule has 0 amide bonds. The predicted octanol–water partition coefficient (Wildman–Crippen LogP) is 3.27. The van der Waals surface area contributed by atoms with Crippen LogP contribution in [0.4, 0.5) is 0 Å². The highest BCUT2D eigenvalue weighted by atomic mass is 16.6. The predicted molar refractivity (Wildman–Crippen MR) is 98.5 cm³/mol. The molecule has 0 spiro atoms. The standard InChI is InChI=1S/C20H36O6/c1-3-5-7-9-17-11-15(21)13-20(24)26-18(10-8-6-4-2)12-16(22)14-19(23)25-17/h15-18,21-22H,3-14H2,1-2H3/t15-,16-,17+,18+/m0/s1. The van der Waals surface area contributed by atoms with Gasteiger partial charge < -0.3 is 19.7 Å². The molecular weight excluding hydrogens is 336 g/mol. The minimum atomic E-state index is -0.887. The van der Waals surface area contributed by atoms with Gasteiger partial charge in [0.2, 0.25) is 0 Å². The lowest BCUT2D eigenvalue weighted by molar-refractivity contribution is -0.159. The molecule has 1 rings (SSSR count). The van der Waals surface area contributed by atoms with Crippen molar-refractivity contribution in [3.05, 3.63) is 0 Å². The molecule has 6 nitrogen and oxygen atoms in total. The molecule has 1 heterocycles. The number of aliphatic hydroxyl groups excluding tert-OH is 2. The molecule has 152 valence electrons. The number of carbonyl (C=O) groups excluding carboxylic acids is 2. The van der Waals surface area contributed by atoms with Gasteiger partial charge in [0.15, 0.2) is 0 Å². The van der Waals surface area contributed by atoms with Crippen LogP contribution in [-0.2, 0) is 19.1 Å². The van der Waals surface area contributed by atoms with Crippen molar-refractivity contribution in [1.82, 2.24) is 0 Å². The maximum atomic E-state index is 12.1. The van der Waals surface area contributed by atoms with Crippen LogP contribution in [0.25, 0.3) is 0 Å². The lowest BCUT2D eigenvalue weighted by atomic mass is 10.0. The van der Waals surface area contributed by atoms with Crippen LogP contribution in [0.1, 0.15) is 90.9 Å². The van der Waals surface area contributed by atoms with Crippen LogP contribution in [0.2, 0.25) is 0 Å². The fourth-order valence-corrected chi connectivity index (χ4v) is 3.32.